The van der Waals surface area contributed by atoms with Crippen LogP contribution in [-0.4, -0.2) is 50.5 Å². The monoisotopic (exact) mass is 465 g/mol. The maximum Gasteiger partial charge on any atom is 0.122 e. The fourth-order valence-electron chi connectivity index (χ4n) is 6.13. The Morgan fingerprint density at radius 2 is 1.62 bits per heavy atom. The molecule has 0 spiro atoms. The zero-order valence-electron chi connectivity index (χ0n) is 22.1. The normalized spacial score (nSPS) is 24.2. The summed E-state index contributed by atoms with van der Waals surface area (Å²) in [6, 6.07) is 2.43. The standard InChI is InChI=1S/C29H47N5/c1-5-23(2)27-8-6-13-33(20-27)19-26-16-25(17-30-18-26)11-10-24(3)28-9-7-14-34(21-28)22-29-31-12-15-32(29)4/h12,15-18,23-24,27-28H,5-11,13-14,19-22H2,1-4H3/t23?,24?,27-,28+/m0/s1. The minimum Gasteiger partial charge on any atom is -0.337 e. The lowest BCUT2D eigenvalue weighted by atomic mass is 9.83. The Bertz CT molecular complexity index is 877. The van der Waals surface area contributed by atoms with Crippen LogP contribution in [0.3, 0.4) is 0 Å². The van der Waals surface area contributed by atoms with Crippen LogP contribution in [0.5, 0.6) is 0 Å². The minimum absolute atomic E-state index is 0.742. The summed E-state index contributed by atoms with van der Waals surface area (Å²) in [5, 5.41) is 0. The van der Waals surface area contributed by atoms with Gasteiger partial charge < -0.3 is 4.57 Å². The second-order valence-corrected chi connectivity index (χ2v) is 11.3. The number of pyridine rings is 1. The van der Waals surface area contributed by atoms with E-state index < -0.39 is 0 Å². The van der Waals surface area contributed by atoms with E-state index in [2.05, 4.69) is 76.8 Å². The zero-order chi connectivity index (χ0) is 23.9. The van der Waals surface area contributed by atoms with Gasteiger partial charge in [-0.1, -0.05) is 33.3 Å². The lowest BCUT2D eigenvalue weighted by molar-refractivity contribution is 0.127. The first-order chi connectivity index (χ1) is 16.5. The van der Waals surface area contributed by atoms with Crippen LogP contribution in [0.25, 0.3) is 0 Å². The Morgan fingerprint density at radius 1 is 0.941 bits per heavy atom. The third-order valence-corrected chi connectivity index (χ3v) is 8.77. The topological polar surface area (TPSA) is 37.2 Å². The number of piperidine rings is 2. The van der Waals surface area contributed by atoms with Gasteiger partial charge in [-0.25, -0.2) is 4.98 Å². The van der Waals surface area contributed by atoms with Crippen molar-refractivity contribution in [2.24, 2.45) is 30.7 Å². The van der Waals surface area contributed by atoms with Crippen LogP contribution in [0.15, 0.2) is 30.9 Å². The molecule has 0 N–H and O–H groups in total. The number of rotatable bonds is 10. The second-order valence-electron chi connectivity index (χ2n) is 11.3. The SMILES string of the molecule is CCC(C)[C@H]1CCCN(Cc2cncc(CCC(C)[C@@H]3CCCN(Cc4nccn4C)C3)c2)C1. The lowest BCUT2D eigenvalue weighted by Gasteiger charge is -2.36. The largest absolute Gasteiger partial charge is 0.337 e. The summed E-state index contributed by atoms with van der Waals surface area (Å²) in [6.45, 7) is 14.2. The smallest absolute Gasteiger partial charge is 0.122 e. The molecule has 0 aliphatic carbocycles. The number of nitrogens with zero attached hydrogens (tertiary/aromatic N) is 5. The molecule has 0 saturated carbocycles. The van der Waals surface area contributed by atoms with Crippen LogP contribution in [0.1, 0.15) is 76.2 Å². The molecule has 0 amide bonds. The van der Waals surface area contributed by atoms with Gasteiger partial charge in [0.05, 0.1) is 6.54 Å². The van der Waals surface area contributed by atoms with E-state index in [9.17, 15) is 0 Å². The Balaban J connectivity index is 1.25. The predicted molar refractivity (Wildman–Crippen MR) is 140 cm³/mol. The molecule has 4 rings (SSSR count). The van der Waals surface area contributed by atoms with E-state index in [1.165, 1.54) is 81.7 Å². The van der Waals surface area contributed by atoms with Crippen molar-refractivity contribution >= 4 is 0 Å². The molecule has 2 aliphatic heterocycles. The first-order valence-corrected chi connectivity index (χ1v) is 13.9. The highest BCUT2D eigenvalue weighted by Crippen LogP contribution is 2.29. The number of likely N-dealkylation sites (tertiary alicyclic amines) is 2. The van der Waals surface area contributed by atoms with Gasteiger partial charge in [0, 0.05) is 51.5 Å². The van der Waals surface area contributed by atoms with E-state index in [4.69, 9.17) is 0 Å². The summed E-state index contributed by atoms with van der Waals surface area (Å²) >= 11 is 0. The van der Waals surface area contributed by atoms with Gasteiger partial charge in [-0.05, 0) is 86.4 Å². The van der Waals surface area contributed by atoms with Gasteiger partial charge in [-0.2, -0.15) is 0 Å². The first kappa shape index (κ1) is 25.4. The predicted octanol–water partition coefficient (Wildman–Crippen LogP) is 5.55. The second kappa shape index (κ2) is 12.3. The van der Waals surface area contributed by atoms with Crippen LogP contribution in [0, 0.1) is 23.7 Å². The van der Waals surface area contributed by atoms with E-state index >= 15 is 0 Å². The molecule has 0 aromatic carbocycles. The van der Waals surface area contributed by atoms with Crippen molar-refractivity contribution in [1.29, 1.82) is 0 Å². The zero-order valence-corrected chi connectivity index (χ0v) is 22.1. The summed E-state index contributed by atoms with van der Waals surface area (Å²) in [6.07, 6.45) is 17.3. The number of hydrogen-bond donors (Lipinski definition) is 0. The van der Waals surface area contributed by atoms with Gasteiger partial charge in [-0.3, -0.25) is 14.8 Å². The fourth-order valence-corrected chi connectivity index (χ4v) is 6.13. The van der Waals surface area contributed by atoms with Gasteiger partial charge >= 0.3 is 0 Å². The van der Waals surface area contributed by atoms with Gasteiger partial charge in [0.25, 0.3) is 0 Å². The molecule has 0 bridgehead atoms. The highest BCUT2D eigenvalue weighted by molar-refractivity contribution is 5.18. The van der Waals surface area contributed by atoms with Crippen LogP contribution in [0.2, 0.25) is 0 Å². The molecular weight excluding hydrogens is 418 g/mol. The number of aryl methyl sites for hydroxylation is 2. The van der Waals surface area contributed by atoms with Crippen LogP contribution >= 0.6 is 0 Å². The van der Waals surface area contributed by atoms with Crippen molar-refractivity contribution in [2.45, 2.75) is 78.8 Å². The average molecular weight is 466 g/mol. The Kier molecular flexibility index (Phi) is 9.18. The minimum atomic E-state index is 0.742. The maximum atomic E-state index is 4.63. The van der Waals surface area contributed by atoms with Gasteiger partial charge in [-0.15, -0.1) is 0 Å². The highest BCUT2D eigenvalue weighted by Gasteiger charge is 2.26. The molecule has 5 heteroatoms. The van der Waals surface area contributed by atoms with Crippen LogP contribution < -0.4 is 0 Å². The third kappa shape index (κ3) is 6.91. The van der Waals surface area contributed by atoms with E-state index in [1.54, 1.807) is 0 Å². The van der Waals surface area contributed by atoms with Crippen molar-refractivity contribution in [1.82, 2.24) is 24.3 Å². The average Bonchev–Trinajstić information content (AvgIpc) is 3.26. The first-order valence-electron chi connectivity index (χ1n) is 13.9. The van der Waals surface area contributed by atoms with E-state index in [1.807, 2.05) is 6.20 Å². The van der Waals surface area contributed by atoms with Crippen molar-refractivity contribution in [2.75, 3.05) is 26.2 Å². The molecule has 5 nitrogen and oxygen atoms in total. The summed E-state index contributed by atoms with van der Waals surface area (Å²) in [7, 11) is 2.10. The van der Waals surface area contributed by atoms with Gasteiger partial charge in [0.2, 0.25) is 0 Å². The quantitative estimate of drug-likeness (QED) is 0.461. The van der Waals surface area contributed by atoms with Crippen molar-refractivity contribution in [3.63, 3.8) is 0 Å². The Hall–Kier alpha value is -1.72. The molecule has 4 heterocycles. The molecule has 2 saturated heterocycles. The number of hydrogen-bond acceptors (Lipinski definition) is 4. The number of aromatic nitrogens is 3. The van der Waals surface area contributed by atoms with Crippen LogP contribution in [0.4, 0.5) is 0 Å². The summed E-state index contributed by atoms with van der Waals surface area (Å²) in [4.78, 5) is 14.4. The van der Waals surface area contributed by atoms with Gasteiger partial charge in [0.1, 0.15) is 5.82 Å². The maximum absolute atomic E-state index is 4.63. The highest BCUT2D eigenvalue weighted by atomic mass is 15.2. The Labute approximate surface area is 208 Å². The molecule has 2 aliphatic rings. The molecule has 2 fully saturated rings. The van der Waals surface area contributed by atoms with Crippen molar-refractivity contribution in [3.05, 3.63) is 47.8 Å². The summed E-state index contributed by atoms with van der Waals surface area (Å²) in [5.41, 5.74) is 2.81. The van der Waals surface area contributed by atoms with Crippen molar-refractivity contribution in [3.8, 4) is 0 Å². The molecule has 2 unspecified atom stereocenters. The van der Waals surface area contributed by atoms with Gasteiger partial charge in [0.15, 0.2) is 0 Å². The Morgan fingerprint density at radius 3 is 2.29 bits per heavy atom. The van der Waals surface area contributed by atoms with Crippen LogP contribution in [-0.2, 0) is 26.6 Å². The molecule has 34 heavy (non-hydrogen) atoms. The summed E-state index contributed by atoms with van der Waals surface area (Å²) in [5.74, 6) is 4.42. The van der Waals surface area contributed by atoms with E-state index in [0.717, 1.165) is 43.2 Å². The van der Waals surface area contributed by atoms with E-state index in [-0.39, 0.29) is 0 Å². The molecule has 2 aromatic heterocycles. The molecular formula is C29H47N5. The third-order valence-electron chi connectivity index (χ3n) is 8.77. The van der Waals surface area contributed by atoms with E-state index in [0.29, 0.717) is 0 Å². The number of imidazole rings is 1. The molecule has 188 valence electrons. The molecule has 0 radical (unpaired) electrons. The lowest BCUT2D eigenvalue weighted by Crippen LogP contribution is -2.38. The molecule has 2 aromatic rings. The molecule has 4 atom stereocenters. The summed E-state index contributed by atoms with van der Waals surface area (Å²) < 4.78 is 2.15. The van der Waals surface area contributed by atoms with Crippen molar-refractivity contribution < 1.29 is 0 Å². The fraction of sp³-hybridized carbons (Fsp3) is 0.724.